The van der Waals surface area contributed by atoms with Crippen molar-refractivity contribution in [2.75, 3.05) is 0 Å². The Bertz CT molecular complexity index is 895. The van der Waals surface area contributed by atoms with Gasteiger partial charge in [0.25, 0.3) is 6.43 Å². The van der Waals surface area contributed by atoms with Crippen molar-refractivity contribution < 1.29 is 13.5 Å². The van der Waals surface area contributed by atoms with E-state index in [1.165, 1.54) is 12.1 Å². The first-order valence-corrected chi connectivity index (χ1v) is 8.44. The van der Waals surface area contributed by atoms with Crippen LogP contribution in [0, 0.1) is 0 Å². The van der Waals surface area contributed by atoms with Gasteiger partial charge in [-0.15, -0.1) is 15.3 Å². The van der Waals surface area contributed by atoms with Gasteiger partial charge in [0, 0.05) is 17.5 Å². The Balaban J connectivity index is 1.61. The number of hydrogen-bond acceptors (Lipinski definition) is 5. The molecule has 0 atom stereocenters. The summed E-state index contributed by atoms with van der Waals surface area (Å²) in [6, 6.07) is 9.17. The fourth-order valence-corrected chi connectivity index (χ4v) is 2.71. The van der Waals surface area contributed by atoms with Crippen molar-refractivity contribution in [3.05, 3.63) is 58.5 Å². The molecule has 0 spiro atoms. The minimum atomic E-state index is -2.51. The van der Waals surface area contributed by atoms with E-state index in [1.54, 1.807) is 28.9 Å². The van der Waals surface area contributed by atoms with Crippen molar-refractivity contribution in [2.24, 2.45) is 0 Å². The smallest absolute Gasteiger partial charge is 0.263 e. The molecule has 1 fully saturated rings. The highest BCUT2D eigenvalue weighted by atomic mass is 35.5. The van der Waals surface area contributed by atoms with Crippen LogP contribution in [0.2, 0.25) is 5.15 Å². The monoisotopic (exact) mass is 377 g/mol. The number of ether oxygens (including phenoxy) is 1. The number of benzene rings is 1. The summed E-state index contributed by atoms with van der Waals surface area (Å²) >= 11 is 5.72. The minimum Gasteiger partial charge on any atom is -0.470 e. The molecule has 0 radical (unpaired) electrons. The lowest BCUT2D eigenvalue weighted by molar-refractivity contribution is 0.151. The molecule has 9 heteroatoms. The Morgan fingerprint density at radius 3 is 2.46 bits per heavy atom. The van der Waals surface area contributed by atoms with Crippen molar-refractivity contribution in [1.29, 1.82) is 0 Å². The van der Waals surface area contributed by atoms with Gasteiger partial charge in [0.1, 0.15) is 12.3 Å². The summed E-state index contributed by atoms with van der Waals surface area (Å²) in [7, 11) is 0. The van der Waals surface area contributed by atoms with E-state index < -0.39 is 6.43 Å². The van der Waals surface area contributed by atoms with Gasteiger partial charge in [-0.3, -0.25) is 0 Å². The molecular weight excluding hydrogens is 364 g/mol. The van der Waals surface area contributed by atoms with Gasteiger partial charge < -0.3 is 4.74 Å². The van der Waals surface area contributed by atoms with Crippen LogP contribution in [-0.4, -0.2) is 25.2 Å². The Morgan fingerprint density at radius 2 is 1.85 bits per heavy atom. The maximum Gasteiger partial charge on any atom is 0.263 e. The second-order valence-corrected chi connectivity index (χ2v) is 6.37. The van der Waals surface area contributed by atoms with Crippen LogP contribution in [0.25, 0.3) is 5.69 Å². The molecule has 2 heterocycles. The van der Waals surface area contributed by atoms with Crippen molar-refractivity contribution >= 4 is 11.6 Å². The first-order chi connectivity index (χ1) is 12.6. The van der Waals surface area contributed by atoms with Crippen LogP contribution in [0.1, 0.15) is 42.1 Å². The maximum absolute atomic E-state index is 12.8. The van der Waals surface area contributed by atoms with E-state index in [9.17, 15) is 8.78 Å². The Hall–Kier alpha value is -2.61. The molecule has 1 aliphatic carbocycles. The van der Waals surface area contributed by atoms with Gasteiger partial charge >= 0.3 is 0 Å². The van der Waals surface area contributed by atoms with Crippen LogP contribution in [-0.2, 0) is 6.61 Å². The molecule has 0 amide bonds. The van der Waals surface area contributed by atoms with E-state index in [0.29, 0.717) is 17.5 Å². The number of nitrogens with zero attached hydrogens (tertiary/aromatic N) is 5. The second kappa shape index (κ2) is 6.95. The molecule has 0 N–H and O–H groups in total. The zero-order valence-corrected chi connectivity index (χ0v) is 14.3. The van der Waals surface area contributed by atoms with Gasteiger partial charge in [-0.1, -0.05) is 28.9 Å². The van der Waals surface area contributed by atoms with Crippen LogP contribution in [0.4, 0.5) is 8.78 Å². The Morgan fingerprint density at radius 1 is 1.08 bits per heavy atom. The molecule has 4 rings (SSSR count). The van der Waals surface area contributed by atoms with Crippen LogP contribution in [0.15, 0.2) is 36.4 Å². The van der Waals surface area contributed by atoms with Crippen molar-refractivity contribution in [1.82, 2.24) is 25.2 Å². The van der Waals surface area contributed by atoms with Crippen molar-refractivity contribution in [3.63, 3.8) is 0 Å². The lowest BCUT2D eigenvalue weighted by Gasteiger charge is -2.10. The zero-order valence-electron chi connectivity index (χ0n) is 13.5. The molecule has 0 unspecified atom stereocenters. The number of rotatable bonds is 6. The van der Waals surface area contributed by atoms with E-state index in [2.05, 4.69) is 20.5 Å². The number of alkyl halides is 2. The fourth-order valence-electron chi connectivity index (χ4n) is 2.61. The highest BCUT2D eigenvalue weighted by molar-refractivity contribution is 6.29. The first kappa shape index (κ1) is 16.8. The molecule has 134 valence electrons. The van der Waals surface area contributed by atoms with Crippen LogP contribution < -0.4 is 4.74 Å². The summed E-state index contributed by atoms with van der Waals surface area (Å²) in [5.41, 5.74) is 2.25. The van der Waals surface area contributed by atoms with Gasteiger partial charge in [0.2, 0.25) is 5.88 Å². The number of aromatic nitrogens is 5. The molecule has 1 aromatic carbocycles. The number of halogens is 3. The maximum atomic E-state index is 12.8. The topological polar surface area (TPSA) is 65.7 Å². The van der Waals surface area contributed by atoms with Gasteiger partial charge in [-0.2, -0.15) is 0 Å². The summed E-state index contributed by atoms with van der Waals surface area (Å²) in [6.45, 7) is 0.186. The van der Waals surface area contributed by atoms with E-state index in [-0.39, 0.29) is 17.3 Å². The van der Waals surface area contributed by atoms with Crippen LogP contribution in [0.3, 0.4) is 0 Å². The molecule has 3 aromatic rings. The molecule has 1 saturated carbocycles. The first-order valence-electron chi connectivity index (χ1n) is 8.07. The SMILES string of the molecule is FC(F)c1ccc(-n2nnc(C3CC3)c2COc2ccc(Cl)nn2)cc1. The highest BCUT2D eigenvalue weighted by Crippen LogP contribution is 2.41. The van der Waals surface area contributed by atoms with E-state index >= 15 is 0 Å². The lowest BCUT2D eigenvalue weighted by atomic mass is 10.2. The standard InChI is InChI=1S/C17H14ClF2N5O/c18-14-7-8-15(22-21-14)26-9-13-16(10-1-2-10)23-24-25(13)12-5-3-11(4-6-12)17(19)20/h3-8,10,17H,1-2,9H2. The lowest BCUT2D eigenvalue weighted by Crippen LogP contribution is -2.08. The molecular formula is C17H14ClF2N5O. The molecule has 0 bridgehead atoms. The average Bonchev–Trinajstić information content (AvgIpc) is 3.41. The largest absolute Gasteiger partial charge is 0.470 e. The fraction of sp³-hybridized carbons (Fsp3) is 0.294. The third kappa shape index (κ3) is 3.50. The van der Waals surface area contributed by atoms with E-state index in [0.717, 1.165) is 24.2 Å². The van der Waals surface area contributed by atoms with E-state index in [4.69, 9.17) is 16.3 Å². The zero-order chi connectivity index (χ0) is 18.1. The molecule has 0 saturated heterocycles. The quantitative estimate of drug-likeness (QED) is 0.647. The molecule has 1 aliphatic rings. The van der Waals surface area contributed by atoms with Gasteiger partial charge in [0.05, 0.1) is 11.4 Å². The Labute approximate surface area is 152 Å². The predicted octanol–water partition coefficient (Wildman–Crippen LogP) is 4.10. The summed E-state index contributed by atoms with van der Waals surface area (Å²) in [4.78, 5) is 0. The second-order valence-electron chi connectivity index (χ2n) is 5.98. The van der Waals surface area contributed by atoms with E-state index in [1.807, 2.05) is 0 Å². The highest BCUT2D eigenvalue weighted by Gasteiger charge is 2.31. The summed E-state index contributed by atoms with van der Waals surface area (Å²) in [5, 5.41) is 16.3. The van der Waals surface area contributed by atoms with Crippen molar-refractivity contribution in [3.8, 4) is 11.6 Å². The van der Waals surface area contributed by atoms with Gasteiger partial charge in [-0.25, -0.2) is 13.5 Å². The third-order valence-electron chi connectivity index (χ3n) is 4.11. The Kier molecular flexibility index (Phi) is 4.50. The summed E-state index contributed by atoms with van der Waals surface area (Å²) in [5.74, 6) is 0.691. The average molecular weight is 378 g/mol. The van der Waals surface area contributed by atoms with Crippen LogP contribution in [0.5, 0.6) is 5.88 Å². The molecule has 26 heavy (non-hydrogen) atoms. The molecule has 0 aliphatic heterocycles. The molecule has 6 nitrogen and oxygen atoms in total. The predicted molar refractivity (Wildman–Crippen MR) is 89.7 cm³/mol. The molecule has 2 aromatic heterocycles. The summed E-state index contributed by atoms with van der Waals surface area (Å²) < 4.78 is 32.8. The minimum absolute atomic E-state index is 0.0366. The summed E-state index contributed by atoms with van der Waals surface area (Å²) in [6.07, 6.45) is -0.402. The van der Waals surface area contributed by atoms with Crippen molar-refractivity contribution in [2.45, 2.75) is 31.8 Å². The van der Waals surface area contributed by atoms with Gasteiger partial charge in [-0.05, 0) is 31.0 Å². The normalized spacial score (nSPS) is 14.0. The van der Waals surface area contributed by atoms with Crippen LogP contribution >= 0.6 is 11.6 Å². The number of hydrogen-bond donors (Lipinski definition) is 0. The van der Waals surface area contributed by atoms with Gasteiger partial charge in [0.15, 0.2) is 5.15 Å². The third-order valence-corrected chi connectivity index (χ3v) is 4.31.